The zero-order valence-electron chi connectivity index (χ0n) is 14.6. The Hall–Kier alpha value is -3.36. The molecule has 0 spiro atoms. The number of rotatable bonds is 4. The molecule has 1 amide bonds. The van der Waals surface area contributed by atoms with Crippen LogP contribution in [0.4, 0.5) is 20.9 Å². The first-order valence-corrected chi connectivity index (χ1v) is 9.53. The lowest BCUT2D eigenvalue weighted by atomic mass is 10.1. The van der Waals surface area contributed by atoms with Crippen LogP contribution in [0.1, 0.15) is 10.4 Å². The van der Waals surface area contributed by atoms with E-state index in [0.717, 1.165) is 16.8 Å². The average molecular weight is 428 g/mol. The van der Waals surface area contributed by atoms with E-state index in [1.165, 1.54) is 22.3 Å². The smallest absolute Gasteiger partial charge is 0.268 e. The second-order valence-electron chi connectivity index (χ2n) is 6.01. The molecule has 0 aliphatic carbocycles. The number of benzene rings is 3. The lowest BCUT2D eigenvalue weighted by molar-refractivity contribution is -0.387. The number of aromatic nitrogens is 1. The third-order valence-corrected chi connectivity index (χ3v) is 5.39. The Bertz CT molecular complexity index is 1230. The highest BCUT2D eigenvalue weighted by Gasteiger charge is 2.26. The number of carbonyl (C=O) groups is 1. The Balaban J connectivity index is 1.87. The van der Waals surface area contributed by atoms with Gasteiger partial charge < -0.3 is 0 Å². The minimum absolute atomic E-state index is 0.0441. The van der Waals surface area contributed by atoms with Gasteiger partial charge in [-0.2, -0.15) is 4.39 Å². The van der Waals surface area contributed by atoms with E-state index >= 15 is 0 Å². The molecule has 0 aliphatic heterocycles. The first kappa shape index (κ1) is 19.0. The summed E-state index contributed by atoms with van der Waals surface area (Å²) in [7, 11) is 0. The van der Waals surface area contributed by atoms with Crippen LogP contribution in [0.25, 0.3) is 10.2 Å². The highest BCUT2D eigenvalue weighted by atomic mass is 35.5. The third-order valence-electron chi connectivity index (χ3n) is 4.13. The molecule has 3 aromatic carbocycles. The summed E-state index contributed by atoms with van der Waals surface area (Å²) in [5, 5.41) is 11.9. The summed E-state index contributed by atoms with van der Waals surface area (Å²) in [5.41, 5.74) is 0.328. The fourth-order valence-corrected chi connectivity index (χ4v) is 3.97. The molecule has 6 nitrogen and oxygen atoms in total. The number of nitro benzene ring substituents is 1. The van der Waals surface area contributed by atoms with E-state index in [1.807, 2.05) is 24.3 Å². The molecule has 0 saturated carbocycles. The molecule has 29 heavy (non-hydrogen) atoms. The van der Waals surface area contributed by atoms with Gasteiger partial charge in [-0.05, 0) is 42.5 Å². The Kier molecular flexibility index (Phi) is 4.96. The zero-order chi connectivity index (χ0) is 20.5. The van der Waals surface area contributed by atoms with Gasteiger partial charge in [0.2, 0.25) is 5.82 Å². The van der Waals surface area contributed by atoms with Crippen molar-refractivity contribution in [1.29, 1.82) is 0 Å². The number of nitro groups is 1. The predicted octanol–water partition coefficient (Wildman–Crippen LogP) is 5.98. The summed E-state index contributed by atoms with van der Waals surface area (Å²) >= 11 is 7.39. The van der Waals surface area contributed by atoms with Crippen molar-refractivity contribution < 1.29 is 14.1 Å². The minimum Gasteiger partial charge on any atom is -0.268 e. The van der Waals surface area contributed by atoms with Crippen LogP contribution >= 0.6 is 22.9 Å². The van der Waals surface area contributed by atoms with Gasteiger partial charge >= 0.3 is 5.69 Å². The van der Waals surface area contributed by atoms with Gasteiger partial charge in [-0.25, -0.2) is 4.98 Å². The normalized spacial score (nSPS) is 10.8. The van der Waals surface area contributed by atoms with E-state index in [-0.39, 0.29) is 5.56 Å². The summed E-state index contributed by atoms with van der Waals surface area (Å²) in [6.45, 7) is 0. The third kappa shape index (κ3) is 3.67. The molecule has 0 bridgehead atoms. The van der Waals surface area contributed by atoms with E-state index < -0.39 is 22.3 Å². The number of fused-ring (bicyclic) bond motifs is 1. The second kappa shape index (κ2) is 7.57. The standard InChI is InChI=1S/C20H11ClFN3O3S/c21-13-4-3-5-14(11-13)24(20-23-16-6-1-2-7-18(16)29-20)19(26)12-8-9-15(22)17(10-12)25(27)28/h1-11H. The largest absolute Gasteiger partial charge is 0.305 e. The molecule has 9 heteroatoms. The van der Waals surface area contributed by atoms with Gasteiger partial charge in [0.25, 0.3) is 5.91 Å². The van der Waals surface area contributed by atoms with Crippen LogP contribution in [-0.4, -0.2) is 15.8 Å². The molecule has 0 aliphatic rings. The molecule has 0 atom stereocenters. The zero-order valence-corrected chi connectivity index (χ0v) is 16.2. The van der Waals surface area contributed by atoms with Crippen LogP contribution in [0.5, 0.6) is 0 Å². The number of hydrogen-bond donors (Lipinski definition) is 0. The monoisotopic (exact) mass is 427 g/mol. The van der Waals surface area contributed by atoms with Gasteiger partial charge in [0.05, 0.1) is 20.8 Å². The number of nitrogens with zero attached hydrogens (tertiary/aromatic N) is 3. The van der Waals surface area contributed by atoms with E-state index in [4.69, 9.17) is 11.6 Å². The average Bonchev–Trinajstić information content (AvgIpc) is 3.11. The van der Waals surface area contributed by atoms with Crippen LogP contribution in [-0.2, 0) is 0 Å². The number of anilines is 2. The van der Waals surface area contributed by atoms with Crippen molar-refractivity contribution in [1.82, 2.24) is 4.98 Å². The number of hydrogen-bond acceptors (Lipinski definition) is 5. The highest BCUT2D eigenvalue weighted by Crippen LogP contribution is 2.35. The van der Waals surface area contributed by atoms with Crippen molar-refractivity contribution in [3.63, 3.8) is 0 Å². The van der Waals surface area contributed by atoms with E-state index in [0.29, 0.717) is 21.4 Å². The van der Waals surface area contributed by atoms with Crippen LogP contribution in [0.3, 0.4) is 0 Å². The molecular formula is C20H11ClFN3O3S. The van der Waals surface area contributed by atoms with E-state index in [9.17, 15) is 19.3 Å². The minimum atomic E-state index is -1.01. The van der Waals surface area contributed by atoms with E-state index in [2.05, 4.69) is 4.98 Å². The maximum Gasteiger partial charge on any atom is 0.305 e. The molecule has 144 valence electrons. The molecular weight excluding hydrogens is 417 g/mol. The van der Waals surface area contributed by atoms with Gasteiger partial charge in [-0.1, -0.05) is 41.1 Å². The lowest BCUT2D eigenvalue weighted by Crippen LogP contribution is -2.26. The Morgan fingerprint density at radius 2 is 1.90 bits per heavy atom. The topological polar surface area (TPSA) is 76.3 Å². The lowest BCUT2D eigenvalue weighted by Gasteiger charge is -2.20. The van der Waals surface area contributed by atoms with Crippen molar-refractivity contribution in [3.05, 3.63) is 93.2 Å². The summed E-state index contributed by atoms with van der Waals surface area (Å²) in [6.07, 6.45) is 0. The molecule has 0 fully saturated rings. The van der Waals surface area contributed by atoms with Gasteiger partial charge in [-0.3, -0.25) is 19.8 Å². The molecule has 0 unspecified atom stereocenters. The number of para-hydroxylation sites is 1. The molecule has 4 rings (SSSR count). The van der Waals surface area contributed by atoms with Crippen molar-refractivity contribution >= 4 is 55.6 Å². The van der Waals surface area contributed by atoms with Crippen molar-refractivity contribution in [2.45, 2.75) is 0 Å². The maximum atomic E-state index is 13.7. The molecule has 1 aromatic heterocycles. The van der Waals surface area contributed by atoms with Gasteiger partial charge in [0, 0.05) is 16.7 Å². The summed E-state index contributed by atoms with van der Waals surface area (Å²) in [6, 6.07) is 17.0. The Morgan fingerprint density at radius 3 is 2.62 bits per heavy atom. The number of thiazole rings is 1. The van der Waals surface area contributed by atoms with Crippen LogP contribution in [0.15, 0.2) is 66.7 Å². The number of amides is 1. The van der Waals surface area contributed by atoms with Crippen molar-refractivity contribution in [2.75, 3.05) is 4.90 Å². The molecule has 0 saturated heterocycles. The molecule has 0 radical (unpaired) electrons. The Labute approximate surface area is 172 Å². The molecule has 0 N–H and O–H groups in total. The summed E-state index contributed by atoms with van der Waals surface area (Å²) in [5.74, 6) is -1.60. The predicted molar refractivity (Wildman–Crippen MR) is 111 cm³/mol. The maximum absolute atomic E-state index is 13.7. The van der Waals surface area contributed by atoms with E-state index in [1.54, 1.807) is 24.3 Å². The number of halogens is 2. The van der Waals surface area contributed by atoms with Gasteiger partial charge in [0.1, 0.15) is 0 Å². The molecule has 1 heterocycles. The second-order valence-corrected chi connectivity index (χ2v) is 7.45. The fourth-order valence-electron chi connectivity index (χ4n) is 2.80. The SMILES string of the molecule is O=C(c1ccc(F)c([N+](=O)[O-])c1)N(c1cccc(Cl)c1)c1nc2ccccc2s1. The van der Waals surface area contributed by atoms with Crippen molar-refractivity contribution in [2.24, 2.45) is 0 Å². The first-order valence-electron chi connectivity index (χ1n) is 8.33. The summed E-state index contributed by atoms with van der Waals surface area (Å²) in [4.78, 5) is 29.4. The van der Waals surface area contributed by atoms with Crippen LogP contribution in [0, 0.1) is 15.9 Å². The van der Waals surface area contributed by atoms with Crippen LogP contribution in [0.2, 0.25) is 5.02 Å². The van der Waals surface area contributed by atoms with Gasteiger partial charge in [0.15, 0.2) is 5.13 Å². The first-order chi connectivity index (χ1) is 13.9. The quantitative estimate of drug-likeness (QED) is 0.296. The summed E-state index contributed by atoms with van der Waals surface area (Å²) < 4.78 is 14.6. The number of carbonyl (C=O) groups excluding carboxylic acids is 1. The Morgan fingerprint density at radius 1 is 1.10 bits per heavy atom. The van der Waals surface area contributed by atoms with Crippen LogP contribution < -0.4 is 4.90 Å². The fraction of sp³-hybridized carbons (Fsp3) is 0. The highest BCUT2D eigenvalue weighted by molar-refractivity contribution is 7.22. The van der Waals surface area contributed by atoms with Gasteiger partial charge in [-0.15, -0.1) is 0 Å². The molecule has 4 aromatic rings. The van der Waals surface area contributed by atoms with Crippen molar-refractivity contribution in [3.8, 4) is 0 Å².